The molecular formula is C15H21Cl2NO. The molecule has 2 nitrogen and oxygen atoms in total. The number of hydrogen-bond donors (Lipinski definition) is 0. The van der Waals surface area contributed by atoms with Gasteiger partial charge in [-0.3, -0.25) is 4.79 Å². The molecule has 1 amide bonds. The minimum atomic E-state index is -0.388. The van der Waals surface area contributed by atoms with Gasteiger partial charge in [0, 0.05) is 18.0 Å². The highest BCUT2D eigenvalue weighted by Crippen LogP contribution is 2.25. The topological polar surface area (TPSA) is 20.3 Å². The molecule has 1 rings (SSSR count). The number of halogens is 2. The van der Waals surface area contributed by atoms with Gasteiger partial charge in [-0.05, 0) is 31.5 Å². The van der Waals surface area contributed by atoms with Crippen molar-refractivity contribution in [1.82, 2.24) is 4.90 Å². The molecule has 1 aromatic rings. The Labute approximate surface area is 125 Å². The number of hydrogen-bond acceptors (Lipinski definition) is 1. The van der Waals surface area contributed by atoms with Crippen LogP contribution in [0.3, 0.4) is 0 Å². The summed E-state index contributed by atoms with van der Waals surface area (Å²) in [7, 11) is 0. The summed E-state index contributed by atoms with van der Waals surface area (Å²) in [5.41, 5.74) is 0.598. The third-order valence-corrected chi connectivity index (χ3v) is 3.60. The van der Waals surface area contributed by atoms with Gasteiger partial charge in [-0.2, -0.15) is 0 Å². The van der Waals surface area contributed by atoms with E-state index in [-0.39, 0.29) is 17.4 Å². The molecule has 0 bridgehead atoms. The van der Waals surface area contributed by atoms with Crippen LogP contribution < -0.4 is 0 Å². The summed E-state index contributed by atoms with van der Waals surface area (Å²) in [4.78, 5) is 14.3. The summed E-state index contributed by atoms with van der Waals surface area (Å²) in [6.45, 7) is 10.4. The molecule has 4 heteroatoms. The summed E-state index contributed by atoms with van der Waals surface area (Å²) in [6, 6.07) is 5.62. The molecule has 0 saturated heterocycles. The molecule has 0 aliphatic heterocycles. The van der Waals surface area contributed by atoms with Crippen LogP contribution in [-0.2, 0) is 11.3 Å². The van der Waals surface area contributed by atoms with E-state index in [0.717, 1.165) is 5.56 Å². The van der Waals surface area contributed by atoms with Crippen molar-refractivity contribution in [1.29, 1.82) is 0 Å². The van der Waals surface area contributed by atoms with Crippen LogP contribution >= 0.6 is 23.2 Å². The van der Waals surface area contributed by atoms with Crippen molar-refractivity contribution in [3.63, 3.8) is 0 Å². The molecule has 0 N–H and O–H groups in total. The highest BCUT2D eigenvalue weighted by Gasteiger charge is 2.28. The lowest BCUT2D eigenvalue weighted by Crippen LogP contribution is -2.43. The van der Waals surface area contributed by atoms with E-state index in [2.05, 4.69) is 0 Å². The van der Waals surface area contributed by atoms with E-state index in [1.54, 1.807) is 6.07 Å². The van der Waals surface area contributed by atoms with Crippen LogP contribution in [0, 0.1) is 5.41 Å². The van der Waals surface area contributed by atoms with Crippen molar-refractivity contribution in [3.05, 3.63) is 33.8 Å². The Morgan fingerprint density at radius 2 is 1.79 bits per heavy atom. The van der Waals surface area contributed by atoms with E-state index in [4.69, 9.17) is 23.2 Å². The van der Waals surface area contributed by atoms with Gasteiger partial charge >= 0.3 is 0 Å². The SMILES string of the molecule is CC(C)N(Cc1ccc(Cl)c(Cl)c1)C(=O)C(C)(C)C. The molecule has 0 atom stereocenters. The number of carbonyl (C=O) groups excluding carboxylic acids is 1. The van der Waals surface area contributed by atoms with Crippen molar-refractivity contribution in [2.24, 2.45) is 5.41 Å². The molecule has 0 heterocycles. The first-order valence-electron chi connectivity index (χ1n) is 6.38. The Hall–Kier alpha value is -0.730. The molecule has 1 aromatic carbocycles. The third-order valence-electron chi connectivity index (χ3n) is 2.86. The fourth-order valence-corrected chi connectivity index (χ4v) is 2.08. The molecule has 0 aliphatic carbocycles. The van der Waals surface area contributed by atoms with Gasteiger partial charge in [-0.1, -0.05) is 50.0 Å². The largest absolute Gasteiger partial charge is 0.335 e. The first-order chi connectivity index (χ1) is 8.62. The molecule has 0 aliphatic rings. The van der Waals surface area contributed by atoms with Gasteiger partial charge in [0.15, 0.2) is 0 Å². The maximum absolute atomic E-state index is 12.4. The third kappa shape index (κ3) is 4.39. The molecule has 106 valence electrons. The molecule has 0 aromatic heterocycles. The van der Waals surface area contributed by atoms with E-state index >= 15 is 0 Å². The second-order valence-corrected chi connectivity index (χ2v) is 6.84. The molecule has 19 heavy (non-hydrogen) atoms. The summed E-state index contributed by atoms with van der Waals surface area (Å²) in [5.74, 6) is 0.133. The minimum absolute atomic E-state index is 0.133. The van der Waals surface area contributed by atoms with Crippen LogP contribution in [0.1, 0.15) is 40.2 Å². The van der Waals surface area contributed by atoms with E-state index in [0.29, 0.717) is 16.6 Å². The van der Waals surface area contributed by atoms with Gasteiger partial charge in [0.1, 0.15) is 0 Å². The maximum atomic E-state index is 12.4. The molecule has 0 unspecified atom stereocenters. The maximum Gasteiger partial charge on any atom is 0.228 e. The van der Waals surface area contributed by atoms with Gasteiger partial charge in [-0.25, -0.2) is 0 Å². The van der Waals surface area contributed by atoms with E-state index in [1.165, 1.54) is 0 Å². The van der Waals surface area contributed by atoms with Crippen LogP contribution in [0.2, 0.25) is 10.0 Å². The highest BCUT2D eigenvalue weighted by molar-refractivity contribution is 6.42. The van der Waals surface area contributed by atoms with E-state index in [1.807, 2.05) is 51.7 Å². The molecule has 0 fully saturated rings. The van der Waals surface area contributed by atoms with Crippen LogP contribution in [0.25, 0.3) is 0 Å². The standard InChI is InChI=1S/C15H21Cl2NO/c1-10(2)18(14(19)15(3,4)5)9-11-6-7-12(16)13(17)8-11/h6-8,10H,9H2,1-5H3. The Kier molecular flexibility index (Phi) is 5.28. The fourth-order valence-electron chi connectivity index (χ4n) is 1.75. The lowest BCUT2D eigenvalue weighted by molar-refractivity contribution is -0.142. The number of rotatable bonds is 3. The highest BCUT2D eigenvalue weighted by atomic mass is 35.5. The predicted molar refractivity (Wildman–Crippen MR) is 81.6 cm³/mol. The zero-order chi connectivity index (χ0) is 14.8. The average Bonchev–Trinajstić information content (AvgIpc) is 2.28. The Balaban J connectivity index is 2.96. The zero-order valence-electron chi connectivity index (χ0n) is 12.1. The van der Waals surface area contributed by atoms with E-state index in [9.17, 15) is 4.79 Å². The summed E-state index contributed by atoms with van der Waals surface area (Å²) in [5, 5.41) is 1.05. The van der Waals surface area contributed by atoms with Crippen molar-refractivity contribution in [2.75, 3.05) is 0 Å². The van der Waals surface area contributed by atoms with Gasteiger partial charge in [0.2, 0.25) is 5.91 Å². The van der Waals surface area contributed by atoms with Crippen molar-refractivity contribution in [3.8, 4) is 0 Å². The smallest absolute Gasteiger partial charge is 0.228 e. The monoisotopic (exact) mass is 301 g/mol. The summed E-state index contributed by atoms with van der Waals surface area (Å²) < 4.78 is 0. The second kappa shape index (κ2) is 6.15. The summed E-state index contributed by atoms with van der Waals surface area (Å²) >= 11 is 11.9. The van der Waals surface area contributed by atoms with Gasteiger partial charge < -0.3 is 4.90 Å². The van der Waals surface area contributed by atoms with Crippen molar-refractivity contribution in [2.45, 2.75) is 47.2 Å². The van der Waals surface area contributed by atoms with E-state index < -0.39 is 0 Å². The normalized spacial score (nSPS) is 11.8. The lowest BCUT2D eigenvalue weighted by atomic mass is 9.93. The molecule has 0 saturated carbocycles. The second-order valence-electron chi connectivity index (χ2n) is 6.03. The number of amides is 1. The zero-order valence-corrected chi connectivity index (χ0v) is 13.6. The number of nitrogens with zero attached hydrogens (tertiary/aromatic N) is 1. The fraction of sp³-hybridized carbons (Fsp3) is 0.533. The average molecular weight is 302 g/mol. The first kappa shape index (κ1) is 16.3. The molecule has 0 spiro atoms. The Bertz CT molecular complexity index is 464. The Morgan fingerprint density at radius 1 is 1.21 bits per heavy atom. The van der Waals surface area contributed by atoms with Crippen LogP contribution in [0.5, 0.6) is 0 Å². The van der Waals surface area contributed by atoms with Crippen molar-refractivity contribution >= 4 is 29.1 Å². The van der Waals surface area contributed by atoms with Crippen LogP contribution in [-0.4, -0.2) is 16.8 Å². The molecule has 0 radical (unpaired) electrons. The van der Waals surface area contributed by atoms with Crippen molar-refractivity contribution < 1.29 is 4.79 Å². The predicted octanol–water partition coefficient (Wildman–Crippen LogP) is 4.78. The van der Waals surface area contributed by atoms with Gasteiger partial charge in [-0.15, -0.1) is 0 Å². The number of benzene rings is 1. The minimum Gasteiger partial charge on any atom is -0.335 e. The van der Waals surface area contributed by atoms with Gasteiger partial charge in [0.25, 0.3) is 0 Å². The number of carbonyl (C=O) groups is 1. The first-order valence-corrected chi connectivity index (χ1v) is 7.13. The Morgan fingerprint density at radius 3 is 2.21 bits per heavy atom. The molecular weight excluding hydrogens is 281 g/mol. The van der Waals surface area contributed by atoms with Crippen LogP contribution in [0.15, 0.2) is 18.2 Å². The van der Waals surface area contributed by atoms with Crippen LogP contribution in [0.4, 0.5) is 0 Å². The quantitative estimate of drug-likeness (QED) is 0.787. The lowest BCUT2D eigenvalue weighted by Gasteiger charge is -2.33. The van der Waals surface area contributed by atoms with Gasteiger partial charge in [0.05, 0.1) is 10.0 Å². The summed E-state index contributed by atoms with van der Waals surface area (Å²) in [6.07, 6.45) is 0.